The van der Waals surface area contributed by atoms with Gasteiger partial charge in [-0.3, -0.25) is 38.3 Å². The van der Waals surface area contributed by atoms with Crippen LogP contribution >= 0.6 is 0 Å². The van der Waals surface area contributed by atoms with E-state index in [0.29, 0.717) is 41.1 Å². The number of aromatic nitrogens is 12. The van der Waals surface area contributed by atoms with Crippen LogP contribution in [0.5, 0.6) is 34.5 Å². The molecule has 0 saturated carbocycles. The Bertz CT molecular complexity index is 3080. The minimum Gasteiger partial charge on any atom is -0.870 e. The number of ketones is 3. The smallest absolute Gasteiger partial charge is 0.870 e. The van der Waals surface area contributed by atoms with Gasteiger partial charge in [-0.25, -0.2) is 15.6 Å². The molecule has 2 N–H and O–H groups in total. The second-order valence-electron chi connectivity index (χ2n) is 16.0. The van der Waals surface area contributed by atoms with Gasteiger partial charge in [0.25, 0.3) is 0 Å². The molecule has 0 aliphatic rings. The van der Waals surface area contributed by atoms with E-state index < -0.39 is 6.04 Å². The van der Waals surface area contributed by atoms with Crippen LogP contribution in [0.1, 0.15) is 174 Å². The van der Waals surface area contributed by atoms with Gasteiger partial charge in [0.1, 0.15) is 63.7 Å². The number of rotatable bonds is 22. The van der Waals surface area contributed by atoms with Crippen LogP contribution in [0.15, 0.2) is 74.4 Å². The van der Waals surface area contributed by atoms with E-state index in [4.69, 9.17) is 67.0 Å². The minimum absolute atomic E-state index is 0. The average Bonchev–Trinajstić information content (AvgIpc) is 1.88. The van der Waals surface area contributed by atoms with E-state index in [9.17, 15) is 28.8 Å². The van der Waals surface area contributed by atoms with Crippen LogP contribution in [-0.2, 0) is 24.0 Å². The topological polar surface area (TPSA) is 309 Å². The fourth-order valence-corrected chi connectivity index (χ4v) is 5.27. The number of Topliss-reactive ketones (excluding diaryl/α,β-unsaturated/α-hetero) is 3. The number of terminal acetylenes is 6. The second kappa shape index (κ2) is 69.3. The molecule has 6 aromatic heterocycles. The molecule has 6 heterocycles. The maximum absolute atomic E-state index is 11.2. The van der Waals surface area contributed by atoms with Gasteiger partial charge in [-0.2, -0.15) is 30.6 Å². The Hall–Kier alpha value is -8.99. The Labute approximate surface area is 614 Å². The van der Waals surface area contributed by atoms with Crippen LogP contribution in [-0.4, -0.2) is 152 Å². The third-order valence-electron chi connectivity index (χ3n) is 9.95. The molecule has 6 aromatic rings. The normalized spacial score (nSPS) is 9.67. The molecule has 0 saturated heterocycles. The quantitative estimate of drug-likeness (QED) is 0.0509. The Balaban J connectivity index is -0.000000154. The van der Waals surface area contributed by atoms with E-state index in [1.807, 2.05) is 90.0 Å². The van der Waals surface area contributed by atoms with Crippen molar-refractivity contribution in [2.45, 2.75) is 169 Å². The summed E-state index contributed by atoms with van der Waals surface area (Å²) in [5.41, 5.74) is 0. The molecule has 26 nitrogen and oxygen atoms in total. The van der Waals surface area contributed by atoms with Gasteiger partial charge >= 0.3 is 58.2 Å². The van der Waals surface area contributed by atoms with Gasteiger partial charge in [-0.1, -0.05) is 119 Å². The van der Waals surface area contributed by atoms with Crippen molar-refractivity contribution < 1.29 is 121 Å². The number of amides is 1. The van der Waals surface area contributed by atoms with Gasteiger partial charge in [0.05, 0.1) is 74.4 Å². The molecule has 0 spiro atoms. The first kappa shape index (κ1) is 102. The van der Waals surface area contributed by atoms with Crippen molar-refractivity contribution in [1.82, 2.24) is 64.0 Å². The van der Waals surface area contributed by atoms with Gasteiger partial charge in [-0.05, 0) is 47.6 Å². The number of hydrogen-bond acceptors (Lipinski definition) is 19. The number of carbonyl (C=O) groups is 5. The van der Waals surface area contributed by atoms with Crippen LogP contribution in [0, 0.1) is 74.1 Å². The summed E-state index contributed by atoms with van der Waals surface area (Å²) in [5.74, 6) is 17.3. The summed E-state index contributed by atoms with van der Waals surface area (Å²) in [6.45, 7) is 38.0. The molecule has 95 heavy (non-hydrogen) atoms. The van der Waals surface area contributed by atoms with E-state index in [-0.39, 0.29) is 151 Å². The third kappa shape index (κ3) is 49.3. The number of nitrogens with one attached hydrogen (secondary N) is 1. The van der Waals surface area contributed by atoms with E-state index in [1.165, 1.54) is 81.2 Å². The molecule has 6 rings (SSSR count). The van der Waals surface area contributed by atoms with Crippen molar-refractivity contribution in [2.75, 3.05) is 46.7 Å². The van der Waals surface area contributed by atoms with E-state index in [0.717, 1.165) is 0 Å². The Morgan fingerprint density at radius 1 is 0.484 bits per heavy atom. The Morgan fingerprint density at radius 3 is 1.05 bits per heavy atom. The standard InChI is InChI=1S/C11H15N3O2.C11H11N2O3.2C10H12N2O2.C8H8N2O2.C6H6N2O.6C2H6.H2O.Rb/c1-5-6-16-11-7-12-14(8-11)9(2)13(4)10(3)15;1-3-4-16-11-6-12-13(7-11)10(8-14)5-9(2)15;2*1-4-5-14-10-6-11-12(7-10)8(2)9(3)13;1-3-4-12-8-5-9-10(6-8)7(2)11;1-2-3-9-6-4-7-8-5-6;6*1-2;;/h1,7-9H,6H2,2-4H3;1,6-7,10H,4-5H2,2H3;2*1,6-8H,5H2,2-3H3;1,5-6H,4H2,2H3;1,4-5H,3H2,(H,7,8);6*1-2H3;1H2;/q;-1;;;;;;;;;;;;+1/p-1. The summed E-state index contributed by atoms with van der Waals surface area (Å²) in [4.78, 5) is 67.1. The molecule has 0 bridgehead atoms. The third-order valence-corrected chi connectivity index (χ3v) is 9.95. The molecule has 4 atom stereocenters. The summed E-state index contributed by atoms with van der Waals surface area (Å²) in [6.07, 6.45) is 50.5. The van der Waals surface area contributed by atoms with Crippen molar-refractivity contribution in [3.05, 3.63) is 74.4 Å². The zero-order valence-corrected chi connectivity index (χ0v) is 64.8. The maximum atomic E-state index is 11.2. The van der Waals surface area contributed by atoms with Crippen LogP contribution in [0.3, 0.4) is 0 Å². The summed E-state index contributed by atoms with van der Waals surface area (Å²) in [5, 5.41) is 26.0. The van der Waals surface area contributed by atoms with Crippen LogP contribution < -0.4 is 86.6 Å². The summed E-state index contributed by atoms with van der Waals surface area (Å²) < 4.78 is 37.8. The van der Waals surface area contributed by atoms with Gasteiger partial charge in [0.2, 0.25) is 11.8 Å². The Morgan fingerprint density at radius 2 is 0.779 bits per heavy atom. The van der Waals surface area contributed by atoms with Crippen molar-refractivity contribution in [1.29, 1.82) is 0 Å². The summed E-state index contributed by atoms with van der Waals surface area (Å²) >= 11 is 0. The predicted octanol–water partition coefficient (Wildman–Crippen LogP) is 7.47. The largest absolute Gasteiger partial charge is 1.00 e. The average molecular weight is 1390 g/mol. The molecule has 0 fully saturated rings. The fraction of sp³-hybridized carbons (Fsp3) is 0.471. The number of aromatic amines is 1. The van der Waals surface area contributed by atoms with Crippen LogP contribution in [0.4, 0.5) is 0 Å². The van der Waals surface area contributed by atoms with Crippen molar-refractivity contribution in [3.63, 3.8) is 0 Å². The van der Waals surface area contributed by atoms with Crippen molar-refractivity contribution in [2.24, 2.45) is 0 Å². The number of nitrogens with zero attached hydrogens (tertiary/aromatic N) is 12. The maximum Gasteiger partial charge on any atom is 1.00 e. The molecule has 0 radical (unpaired) electrons. The van der Waals surface area contributed by atoms with Gasteiger partial charge < -0.3 is 48.4 Å². The molecule has 0 aromatic carbocycles. The molecular weight excluding hydrogens is 1290 g/mol. The molecular formula is C68H101N13O13Rb-. The van der Waals surface area contributed by atoms with Gasteiger partial charge in [-0.15, -0.1) is 38.5 Å². The van der Waals surface area contributed by atoms with Gasteiger partial charge in [0, 0.05) is 27.3 Å². The zero-order valence-electron chi connectivity index (χ0n) is 59.9. The molecule has 1 amide bonds. The first-order valence-corrected chi connectivity index (χ1v) is 29.9. The summed E-state index contributed by atoms with van der Waals surface area (Å²) in [6, 6.07) is -1.24. The zero-order chi connectivity index (χ0) is 72.7. The van der Waals surface area contributed by atoms with E-state index in [2.05, 4.69) is 71.2 Å². The summed E-state index contributed by atoms with van der Waals surface area (Å²) in [7, 11) is 1.72. The molecule has 0 aliphatic carbocycles. The molecule has 518 valence electrons. The van der Waals surface area contributed by atoms with Crippen LogP contribution in [0.2, 0.25) is 0 Å². The number of ether oxygens (including phenoxy) is 6. The number of carbonyl (C=O) groups excluding carboxylic acids is 6. The fourth-order valence-electron chi connectivity index (χ4n) is 5.27. The van der Waals surface area contributed by atoms with Crippen molar-refractivity contribution >= 4 is 35.5 Å². The first-order chi connectivity index (χ1) is 44.7. The van der Waals surface area contributed by atoms with E-state index >= 15 is 0 Å². The Kier molecular flexibility index (Phi) is 74.6. The molecule has 4 unspecified atom stereocenters. The molecule has 27 heteroatoms. The minimum atomic E-state index is -0.708. The second-order valence-corrected chi connectivity index (χ2v) is 16.0. The number of H-pyrrole nitrogens is 1. The van der Waals surface area contributed by atoms with Gasteiger partial charge in [0.15, 0.2) is 46.1 Å². The van der Waals surface area contributed by atoms with Crippen molar-refractivity contribution in [3.8, 4) is 109 Å². The van der Waals surface area contributed by atoms with Crippen LogP contribution in [0.25, 0.3) is 0 Å². The predicted molar refractivity (Wildman–Crippen MR) is 366 cm³/mol. The monoisotopic (exact) mass is 1390 g/mol. The SMILES string of the molecule is C#CCOc1cn[nH]c1.C#CCOc1cnn(C(C)=O)c1.C#CCOc1cnn(C(C)C(C)=O)c1.C#CCOc1cnn(C(C)C(C)=O)c1.C#CCOc1cnn(C(C)N(C)C(C)=O)c1.C#CCOc1cnn(C([C-]=O)CC(C)=O)c1.CC.CC.CC.CC.CC.CC.[OH-].[Rb+]. The molecule has 0 aliphatic heterocycles. The van der Waals surface area contributed by atoms with E-state index in [1.54, 1.807) is 83.3 Å². The first-order valence-electron chi connectivity index (χ1n) is 29.9. The number of hydrogen-bond donors (Lipinski definition) is 1.